The molecule has 1 saturated carbocycles. The van der Waals surface area contributed by atoms with E-state index in [4.69, 9.17) is 0 Å². The van der Waals surface area contributed by atoms with Crippen molar-refractivity contribution in [2.45, 2.75) is 37.6 Å². The highest BCUT2D eigenvalue weighted by Gasteiger charge is 2.26. The van der Waals surface area contributed by atoms with Gasteiger partial charge in [-0.15, -0.1) is 0 Å². The first-order chi connectivity index (χ1) is 15.3. The molecular formula is C26H30N4O. The van der Waals surface area contributed by atoms with E-state index in [0.29, 0.717) is 6.04 Å². The molecule has 0 unspecified atom stereocenters. The third-order valence-corrected chi connectivity index (χ3v) is 6.06. The standard InChI is InChI=1S/C26H30N4O/c31-26(29-23-15-17-27-18-16-23)22-11-13-24(14-12-22)30-28-19-25(20-7-3-1-4-8-20)21-9-5-2-6-10-21/h1-10,15-18,22,24-25,28,30H,11-14,19H2,(H,27,29,31). The molecule has 1 aliphatic carbocycles. The Labute approximate surface area is 184 Å². The fourth-order valence-corrected chi connectivity index (χ4v) is 4.28. The van der Waals surface area contributed by atoms with Gasteiger partial charge >= 0.3 is 0 Å². The van der Waals surface area contributed by atoms with Gasteiger partial charge in [-0.1, -0.05) is 60.7 Å². The number of anilines is 1. The topological polar surface area (TPSA) is 66.0 Å². The molecule has 0 saturated heterocycles. The average Bonchev–Trinajstić information content (AvgIpc) is 2.84. The number of nitrogens with one attached hydrogen (secondary N) is 3. The van der Waals surface area contributed by atoms with Gasteiger partial charge in [0, 0.05) is 42.5 Å². The fraction of sp³-hybridized carbons (Fsp3) is 0.308. The minimum Gasteiger partial charge on any atom is -0.326 e. The number of amides is 1. The van der Waals surface area contributed by atoms with E-state index < -0.39 is 0 Å². The maximum absolute atomic E-state index is 12.5. The molecule has 1 amide bonds. The molecule has 0 radical (unpaired) electrons. The molecule has 0 bridgehead atoms. The van der Waals surface area contributed by atoms with Crippen molar-refractivity contribution in [1.29, 1.82) is 0 Å². The molecule has 5 nitrogen and oxygen atoms in total. The number of pyridine rings is 1. The van der Waals surface area contributed by atoms with Crippen molar-refractivity contribution in [2.75, 3.05) is 11.9 Å². The molecule has 31 heavy (non-hydrogen) atoms. The highest BCUT2D eigenvalue weighted by atomic mass is 16.1. The normalized spacial score (nSPS) is 18.6. The van der Waals surface area contributed by atoms with E-state index in [-0.39, 0.29) is 17.7 Å². The van der Waals surface area contributed by atoms with Crippen molar-refractivity contribution >= 4 is 11.6 Å². The van der Waals surface area contributed by atoms with Crippen LogP contribution < -0.4 is 16.2 Å². The molecule has 0 spiro atoms. The molecule has 0 aliphatic heterocycles. The van der Waals surface area contributed by atoms with Gasteiger partial charge in [0.05, 0.1) is 0 Å². The van der Waals surface area contributed by atoms with Crippen LogP contribution in [0.1, 0.15) is 42.7 Å². The molecule has 1 heterocycles. The third-order valence-electron chi connectivity index (χ3n) is 6.06. The smallest absolute Gasteiger partial charge is 0.227 e. The molecule has 1 fully saturated rings. The fourth-order valence-electron chi connectivity index (χ4n) is 4.28. The van der Waals surface area contributed by atoms with Crippen molar-refractivity contribution < 1.29 is 4.79 Å². The van der Waals surface area contributed by atoms with Crippen LogP contribution in [0.3, 0.4) is 0 Å². The summed E-state index contributed by atoms with van der Waals surface area (Å²) in [7, 11) is 0. The number of hydrogen-bond acceptors (Lipinski definition) is 4. The number of nitrogens with zero attached hydrogens (tertiary/aromatic N) is 1. The van der Waals surface area contributed by atoms with E-state index in [9.17, 15) is 4.79 Å². The molecule has 1 aromatic heterocycles. The van der Waals surface area contributed by atoms with Crippen LogP contribution in [-0.2, 0) is 4.79 Å². The van der Waals surface area contributed by atoms with E-state index in [1.54, 1.807) is 12.4 Å². The van der Waals surface area contributed by atoms with Crippen LogP contribution >= 0.6 is 0 Å². The lowest BCUT2D eigenvalue weighted by molar-refractivity contribution is -0.120. The molecule has 3 aromatic rings. The Morgan fingerprint density at radius 3 is 2.00 bits per heavy atom. The molecule has 4 rings (SSSR count). The Kier molecular flexibility index (Phi) is 7.42. The van der Waals surface area contributed by atoms with Gasteiger partial charge in [-0.25, -0.2) is 0 Å². The Morgan fingerprint density at radius 1 is 0.839 bits per heavy atom. The van der Waals surface area contributed by atoms with Crippen molar-refractivity contribution in [1.82, 2.24) is 15.8 Å². The maximum Gasteiger partial charge on any atom is 0.227 e. The number of aromatic nitrogens is 1. The summed E-state index contributed by atoms with van der Waals surface area (Å²) in [5.41, 5.74) is 10.4. The summed E-state index contributed by atoms with van der Waals surface area (Å²) in [6, 6.07) is 25.3. The van der Waals surface area contributed by atoms with Gasteiger partial charge in [0.1, 0.15) is 0 Å². The second kappa shape index (κ2) is 10.8. The maximum atomic E-state index is 12.5. The number of carbonyl (C=O) groups excluding carboxylic acids is 1. The van der Waals surface area contributed by atoms with Crippen molar-refractivity contribution in [3.63, 3.8) is 0 Å². The summed E-state index contributed by atoms with van der Waals surface area (Å²) in [6.45, 7) is 0.816. The largest absolute Gasteiger partial charge is 0.326 e. The van der Waals surface area contributed by atoms with Gasteiger partial charge in [0.15, 0.2) is 0 Å². The summed E-state index contributed by atoms with van der Waals surface area (Å²) in [6.07, 6.45) is 7.17. The van der Waals surface area contributed by atoms with Crippen molar-refractivity contribution in [3.05, 3.63) is 96.3 Å². The van der Waals surface area contributed by atoms with Crippen molar-refractivity contribution in [3.8, 4) is 0 Å². The Hall–Kier alpha value is -3.02. The van der Waals surface area contributed by atoms with Crippen molar-refractivity contribution in [2.24, 2.45) is 5.92 Å². The first-order valence-corrected chi connectivity index (χ1v) is 11.1. The monoisotopic (exact) mass is 414 g/mol. The van der Waals surface area contributed by atoms with Gasteiger partial charge in [0.25, 0.3) is 0 Å². The van der Waals surface area contributed by atoms with Crippen LogP contribution in [-0.4, -0.2) is 23.5 Å². The Balaban J connectivity index is 1.25. The van der Waals surface area contributed by atoms with Crippen LogP contribution in [0.4, 0.5) is 5.69 Å². The second-order valence-corrected chi connectivity index (χ2v) is 8.17. The zero-order valence-electron chi connectivity index (χ0n) is 17.7. The summed E-state index contributed by atoms with van der Waals surface area (Å²) in [5, 5.41) is 3.01. The summed E-state index contributed by atoms with van der Waals surface area (Å²) in [5.74, 6) is 0.482. The Bertz CT molecular complexity index is 886. The van der Waals surface area contributed by atoms with E-state index in [1.807, 2.05) is 12.1 Å². The first kappa shape index (κ1) is 21.2. The summed E-state index contributed by atoms with van der Waals surface area (Å²) in [4.78, 5) is 16.5. The third kappa shape index (κ3) is 6.00. The zero-order chi connectivity index (χ0) is 21.3. The highest BCUT2D eigenvalue weighted by molar-refractivity contribution is 5.92. The van der Waals surface area contributed by atoms with E-state index in [0.717, 1.165) is 37.9 Å². The lowest BCUT2D eigenvalue weighted by Crippen LogP contribution is -2.45. The van der Waals surface area contributed by atoms with Crippen LogP contribution in [0.15, 0.2) is 85.2 Å². The zero-order valence-corrected chi connectivity index (χ0v) is 17.7. The SMILES string of the molecule is O=C(Nc1ccncc1)C1CCC(NNCC(c2ccccc2)c2ccccc2)CC1. The van der Waals surface area contributed by atoms with Gasteiger partial charge in [0.2, 0.25) is 5.91 Å². The lowest BCUT2D eigenvalue weighted by atomic mass is 9.85. The van der Waals surface area contributed by atoms with Crippen LogP contribution in [0.2, 0.25) is 0 Å². The van der Waals surface area contributed by atoms with Crippen LogP contribution in [0.5, 0.6) is 0 Å². The molecular weight excluding hydrogens is 384 g/mol. The van der Waals surface area contributed by atoms with Gasteiger partial charge in [-0.2, -0.15) is 0 Å². The minimum atomic E-state index is 0.0765. The molecule has 5 heteroatoms. The number of rotatable bonds is 8. The van der Waals surface area contributed by atoms with E-state index in [2.05, 4.69) is 81.8 Å². The summed E-state index contributed by atoms with van der Waals surface area (Å²) < 4.78 is 0. The molecule has 3 N–H and O–H groups in total. The quantitative estimate of drug-likeness (QED) is 0.475. The van der Waals surface area contributed by atoms with E-state index in [1.165, 1.54) is 11.1 Å². The number of benzene rings is 2. The Morgan fingerprint density at radius 2 is 1.42 bits per heavy atom. The number of hydrogen-bond donors (Lipinski definition) is 3. The van der Waals surface area contributed by atoms with Crippen LogP contribution in [0.25, 0.3) is 0 Å². The molecule has 0 atom stereocenters. The molecule has 160 valence electrons. The highest BCUT2D eigenvalue weighted by Crippen LogP contribution is 2.26. The first-order valence-electron chi connectivity index (χ1n) is 11.1. The minimum absolute atomic E-state index is 0.0765. The van der Waals surface area contributed by atoms with Gasteiger partial charge in [-0.3, -0.25) is 20.6 Å². The predicted molar refractivity (Wildman–Crippen MR) is 124 cm³/mol. The summed E-state index contributed by atoms with van der Waals surface area (Å²) >= 11 is 0. The number of carbonyl (C=O) groups is 1. The predicted octanol–water partition coefficient (Wildman–Crippen LogP) is 4.51. The van der Waals surface area contributed by atoms with Gasteiger partial charge < -0.3 is 5.32 Å². The van der Waals surface area contributed by atoms with E-state index >= 15 is 0 Å². The average molecular weight is 415 g/mol. The van der Waals surface area contributed by atoms with Gasteiger partial charge in [-0.05, 0) is 48.9 Å². The molecule has 2 aromatic carbocycles. The second-order valence-electron chi connectivity index (χ2n) is 8.17. The van der Waals surface area contributed by atoms with Crippen LogP contribution in [0, 0.1) is 5.92 Å². The lowest BCUT2D eigenvalue weighted by Gasteiger charge is -2.29. The molecule has 1 aliphatic rings. The number of hydrazine groups is 1.